The molecule has 0 spiro atoms. The lowest BCUT2D eigenvalue weighted by Gasteiger charge is -2.13. The number of carbonyl (C=O) groups excluding carboxylic acids is 2. The van der Waals surface area contributed by atoms with Gasteiger partial charge in [0, 0.05) is 50.4 Å². The summed E-state index contributed by atoms with van der Waals surface area (Å²) in [4.78, 5) is 50.1. The zero-order valence-corrected chi connectivity index (χ0v) is 28.9. The first kappa shape index (κ1) is 35.9. The number of halogens is 2. The van der Waals surface area contributed by atoms with Crippen molar-refractivity contribution in [2.24, 2.45) is 0 Å². The second kappa shape index (κ2) is 13.8. The van der Waals surface area contributed by atoms with Gasteiger partial charge in [-0.25, -0.2) is 19.2 Å². The van der Waals surface area contributed by atoms with Gasteiger partial charge in [0.05, 0.1) is 21.4 Å². The van der Waals surface area contributed by atoms with E-state index in [0.717, 1.165) is 9.36 Å². The molecule has 0 saturated carbocycles. The number of anilines is 2. The zero-order valence-electron chi connectivity index (χ0n) is 27.4. The lowest BCUT2D eigenvalue weighted by molar-refractivity contribution is 0.230. The van der Waals surface area contributed by atoms with Gasteiger partial charge in [0.25, 0.3) is 0 Å². The maximum Gasteiger partial charge on any atom is 0.442 e. The van der Waals surface area contributed by atoms with Crippen molar-refractivity contribution in [1.29, 1.82) is 0 Å². The Bertz CT molecular complexity index is 1710. The van der Waals surface area contributed by atoms with Crippen LogP contribution in [0, 0.1) is 0 Å². The Kier molecular flexibility index (Phi) is 10.8. The first-order chi connectivity index (χ1) is 21.2. The maximum atomic E-state index is 12.0. The molecule has 2 aromatic heterocycles. The van der Waals surface area contributed by atoms with Crippen LogP contribution in [0.1, 0.15) is 53.3 Å². The molecule has 4 rings (SSSR count). The molecule has 248 valence electrons. The highest BCUT2D eigenvalue weighted by Gasteiger charge is 2.25. The second-order valence-electron chi connectivity index (χ2n) is 12.7. The van der Waals surface area contributed by atoms with Gasteiger partial charge in [-0.2, -0.15) is 9.36 Å². The van der Waals surface area contributed by atoms with Gasteiger partial charge >= 0.3 is 23.6 Å². The van der Waals surface area contributed by atoms with Gasteiger partial charge in [-0.05, 0) is 36.4 Å². The van der Waals surface area contributed by atoms with Gasteiger partial charge in [0.2, 0.25) is 11.8 Å². The third-order valence-corrected chi connectivity index (χ3v) is 6.65. The van der Waals surface area contributed by atoms with Gasteiger partial charge in [-0.15, -0.1) is 10.2 Å². The first-order valence-electron chi connectivity index (χ1n) is 14.0. The normalized spacial score (nSPS) is 11.4. The maximum absolute atomic E-state index is 12.0. The molecule has 0 aliphatic carbocycles. The second-order valence-corrected chi connectivity index (χ2v) is 13.5. The summed E-state index contributed by atoms with van der Waals surface area (Å²) in [6.07, 6.45) is 0. The fraction of sp³-hybridized carbons (Fsp3) is 0.400. The molecule has 4 amide bonds. The molecule has 2 heterocycles. The Labute approximate surface area is 275 Å². The predicted molar refractivity (Wildman–Crippen MR) is 177 cm³/mol. The molecular formula is C30H38Cl2N8O6. The van der Waals surface area contributed by atoms with E-state index in [2.05, 4.69) is 20.8 Å². The van der Waals surface area contributed by atoms with Crippen molar-refractivity contribution in [3.05, 3.63) is 79.3 Å². The SMILES string of the molecule is CN(C)C(=O)Nc1ccc(-n2nc(C(C)(C)C)oc2=O)c(Cl)c1.CN(C)C(=O)Nc1ccc(-n2nc(C(C)(C)C)oc2=O)c(Cl)c1. The highest BCUT2D eigenvalue weighted by molar-refractivity contribution is 6.33. The lowest BCUT2D eigenvalue weighted by atomic mass is 9.97. The summed E-state index contributed by atoms with van der Waals surface area (Å²) in [5.74, 6) is -0.573. The van der Waals surface area contributed by atoms with Gasteiger partial charge in [-0.1, -0.05) is 64.7 Å². The minimum Gasteiger partial charge on any atom is -0.391 e. The third kappa shape index (κ3) is 8.79. The molecule has 2 aromatic carbocycles. The molecule has 0 unspecified atom stereocenters. The summed E-state index contributed by atoms with van der Waals surface area (Å²) in [5, 5.41) is 14.3. The van der Waals surface area contributed by atoms with Crippen molar-refractivity contribution < 1.29 is 18.4 Å². The molecule has 4 aromatic rings. The molecule has 14 nitrogen and oxygen atoms in total. The first-order valence-corrected chi connectivity index (χ1v) is 14.7. The van der Waals surface area contributed by atoms with E-state index in [1.165, 1.54) is 9.80 Å². The summed E-state index contributed by atoms with van der Waals surface area (Å²) in [6, 6.07) is 9.03. The number of urea groups is 2. The van der Waals surface area contributed by atoms with Gasteiger partial charge in [0.15, 0.2) is 0 Å². The highest BCUT2D eigenvalue weighted by atomic mass is 35.5. The van der Waals surface area contributed by atoms with Crippen LogP contribution in [0.15, 0.2) is 54.8 Å². The molecule has 46 heavy (non-hydrogen) atoms. The van der Waals surface area contributed by atoms with E-state index in [9.17, 15) is 19.2 Å². The van der Waals surface area contributed by atoms with Crippen molar-refractivity contribution in [3.63, 3.8) is 0 Å². The fourth-order valence-electron chi connectivity index (χ4n) is 3.45. The van der Waals surface area contributed by atoms with Crippen molar-refractivity contribution in [3.8, 4) is 11.4 Å². The standard InChI is InChI=1S/2C15H19ClN4O3/c2*1-15(2,3)12-18-20(14(22)23-12)11-7-6-9(8-10(11)16)17-13(21)19(4)5/h2*6-8H,1-5H3,(H,17,21). The van der Waals surface area contributed by atoms with Crippen LogP contribution in [0.5, 0.6) is 0 Å². The van der Waals surface area contributed by atoms with Crippen LogP contribution in [0.3, 0.4) is 0 Å². The molecule has 0 saturated heterocycles. The Balaban J connectivity index is 0.000000250. The number of nitrogens with one attached hydrogen (secondary N) is 2. The minimum absolute atomic E-state index is 0.275. The Hall–Kier alpha value is -4.56. The highest BCUT2D eigenvalue weighted by Crippen LogP contribution is 2.26. The molecular weight excluding hydrogens is 639 g/mol. The number of nitrogens with zero attached hydrogens (tertiary/aromatic N) is 6. The number of hydrogen-bond donors (Lipinski definition) is 2. The average molecular weight is 678 g/mol. The average Bonchev–Trinajstić information content (AvgIpc) is 3.52. The van der Waals surface area contributed by atoms with Gasteiger partial charge in [0.1, 0.15) is 0 Å². The van der Waals surface area contributed by atoms with Gasteiger partial charge < -0.3 is 29.3 Å². The van der Waals surface area contributed by atoms with Crippen LogP contribution < -0.4 is 22.1 Å². The Morgan fingerprint density at radius 1 is 0.674 bits per heavy atom. The molecule has 0 atom stereocenters. The summed E-state index contributed by atoms with van der Waals surface area (Å²) < 4.78 is 12.6. The molecule has 0 bridgehead atoms. The summed E-state index contributed by atoms with van der Waals surface area (Å²) in [7, 11) is 6.53. The van der Waals surface area contributed by atoms with Crippen LogP contribution in [0.4, 0.5) is 21.0 Å². The van der Waals surface area contributed by atoms with Crippen molar-refractivity contribution >= 4 is 46.6 Å². The summed E-state index contributed by atoms with van der Waals surface area (Å²) >= 11 is 12.4. The Morgan fingerprint density at radius 2 is 1.00 bits per heavy atom. The van der Waals surface area contributed by atoms with E-state index >= 15 is 0 Å². The quantitative estimate of drug-likeness (QED) is 0.277. The van der Waals surface area contributed by atoms with E-state index in [1.54, 1.807) is 64.6 Å². The van der Waals surface area contributed by atoms with E-state index in [-0.39, 0.29) is 22.1 Å². The smallest absolute Gasteiger partial charge is 0.391 e. The van der Waals surface area contributed by atoms with E-state index in [4.69, 9.17) is 32.0 Å². The predicted octanol–water partition coefficient (Wildman–Crippen LogP) is 5.74. The molecule has 0 aliphatic rings. The number of hydrogen-bond acceptors (Lipinski definition) is 8. The van der Waals surface area contributed by atoms with Crippen LogP contribution >= 0.6 is 23.2 Å². The van der Waals surface area contributed by atoms with Gasteiger partial charge in [-0.3, -0.25) is 0 Å². The zero-order chi connectivity index (χ0) is 34.7. The number of aromatic nitrogens is 4. The minimum atomic E-state index is -0.609. The molecule has 16 heteroatoms. The molecule has 0 aliphatic heterocycles. The monoisotopic (exact) mass is 676 g/mol. The van der Waals surface area contributed by atoms with Crippen LogP contribution in [0.25, 0.3) is 11.4 Å². The molecule has 0 fully saturated rings. The van der Waals surface area contributed by atoms with Crippen LogP contribution in [0.2, 0.25) is 10.0 Å². The van der Waals surface area contributed by atoms with Crippen molar-refractivity contribution in [1.82, 2.24) is 29.4 Å². The number of amides is 4. The van der Waals surface area contributed by atoms with Crippen LogP contribution in [-0.2, 0) is 10.8 Å². The van der Waals surface area contributed by atoms with E-state index < -0.39 is 22.3 Å². The number of carbonyl (C=O) groups is 2. The third-order valence-electron chi connectivity index (χ3n) is 6.05. The number of benzene rings is 2. The molecule has 0 radical (unpaired) electrons. The van der Waals surface area contributed by atoms with Crippen LogP contribution in [-0.4, -0.2) is 69.6 Å². The molecule has 2 N–H and O–H groups in total. The summed E-state index contributed by atoms with van der Waals surface area (Å²) in [5.41, 5.74) is 1.03. The largest absolute Gasteiger partial charge is 0.442 e. The lowest BCUT2D eigenvalue weighted by Crippen LogP contribution is -2.27. The topological polar surface area (TPSA) is 161 Å². The summed E-state index contributed by atoms with van der Waals surface area (Å²) in [6.45, 7) is 11.4. The Morgan fingerprint density at radius 3 is 1.24 bits per heavy atom. The van der Waals surface area contributed by atoms with Crippen molar-refractivity contribution in [2.75, 3.05) is 38.8 Å². The van der Waals surface area contributed by atoms with Crippen molar-refractivity contribution in [2.45, 2.75) is 52.4 Å². The fourth-order valence-corrected chi connectivity index (χ4v) is 3.97. The van der Waals surface area contributed by atoms with E-state index in [1.807, 2.05) is 41.5 Å². The van der Waals surface area contributed by atoms with E-state index in [0.29, 0.717) is 34.5 Å². The number of rotatable bonds is 4.